The molecule has 1 aromatic carbocycles. The van der Waals surface area contributed by atoms with Crippen LogP contribution in [-0.4, -0.2) is 13.5 Å². The quantitative estimate of drug-likeness (QED) is 0.885. The molecule has 0 fully saturated rings. The van der Waals surface area contributed by atoms with Gasteiger partial charge in [-0.1, -0.05) is 12.1 Å². The van der Waals surface area contributed by atoms with Crippen LogP contribution in [0.5, 0.6) is 0 Å². The van der Waals surface area contributed by atoms with Gasteiger partial charge < -0.3 is 5.11 Å². The maximum atomic E-state index is 13.5. The van der Waals surface area contributed by atoms with Gasteiger partial charge >= 0.3 is 0 Å². The lowest BCUT2D eigenvalue weighted by atomic mass is 10.1. The van der Waals surface area contributed by atoms with Crippen molar-refractivity contribution in [2.45, 2.75) is 31.2 Å². The number of aliphatic hydroxyl groups excluding tert-OH is 1. The molecule has 0 saturated carbocycles. The zero-order valence-electron chi connectivity index (χ0n) is 11.7. The lowest BCUT2D eigenvalue weighted by molar-refractivity contribution is 0.282. The number of aliphatic hydroxyl groups is 1. The highest BCUT2D eigenvalue weighted by molar-refractivity contribution is 7.91. The highest BCUT2D eigenvalue weighted by Gasteiger charge is 2.16. The van der Waals surface area contributed by atoms with Crippen molar-refractivity contribution in [2.75, 3.05) is 0 Å². The first-order valence-corrected chi connectivity index (χ1v) is 8.63. The SMILES string of the molecule is Cc1cc(CNS(=O)(=O)c2cc(CO)cs2)cc(C)c1F. The van der Waals surface area contributed by atoms with Gasteiger partial charge in [0.25, 0.3) is 0 Å². The minimum Gasteiger partial charge on any atom is -0.392 e. The van der Waals surface area contributed by atoms with Crippen LogP contribution < -0.4 is 4.72 Å². The minimum absolute atomic E-state index is 0.0939. The van der Waals surface area contributed by atoms with E-state index in [0.29, 0.717) is 22.3 Å². The standard InChI is InChI=1S/C14H16FNO3S2/c1-9-3-11(4-10(2)14(9)15)6-16-21(18,19)13-5-12(7-17)8-20-13/h3-5,8,16-17H,6-7H2,1-2H3. The molecule has 0 radical (unpaired) electrons. The molecule has 0 saturated heterocycles. The average molecular weight is 329 g/mol. The zero-order valence-corrected chi connectivity index (χ0v) is 13.3. The summed E-state index contributed by atoms with van der Waals surface area (Å²) in [6, 6.07) is 4.69. The van der Waals surface area contributed by atoms with Crippen molar-refractivity contribution in [3.8, 4) is 0 Å². The summed E-state index contributed by atoms with van der Waals surface area (Å²) in [4.78, 5) is 0. The minimum atomic E-state index is -3.62. The van der Waals surface area contributed by atoms with Crippen molar-refractivity contribution in [3.05, 3.63) is 51.7 Å². The molecule has 0 spiro atoms. The van der Waals surface area contributed by atoms with Gasteiger partial charge in [-0.25, -0.2) is 17.5 Å². The Kier molecular flexibility index (Phi) is 4.77. The molecule has 0 amide bonds. The Hall–Kier alpha value is -1.28. The van der Waals surface area contributed by atoms with Crippen molar-refractivity contribution >= 4 is 21.4 Å². The highest BCUT2D eigenvalue weighted by Crippen LogP contribution is 2.21. The summed E-state index contributed by atoms with van der Waals surface area (Å²) in [6.07, 6.45) is 0. The number of nitrogens with one attached hydrogen (secondary N) is 1. The van der Waals surface area contributed by atoms with E-state index in [1.54, 1.807) is 31.4 Å². The van der Waals surface area contributed by atoms with Crippen LogP contribution in [0.3, 0.4) is 0 Å². The fourth-order valence-electron chi connectivity index (χ4n) is 1.96. The van der Waals surface area contributed by atoms with Crippen LogP contribution in [-0.2, 0) is 23.2 Å². The molecule has 1 heterocycles. The Morgan fingerprint density at radius 3 is 2.33 bits per heavy atom. The maximum absolute atomic E-state index is 13.5. The number of sulfonamides is 1. The molecule has 0 aliphatic heterocycles. The van der Waals surface area contributed by atoms with Crippen LogP contribution in [0, 0.1) is 19.7 Å². The van der Waals surface area contributed by atoms with Gasteiger partial charge in [0.2, 0.25) is 10.0 Å². The Bertz CT molecular complexity index is 730. The van der Waals surface area contributed by atoms with E-state index in [1.165, 1.54) is 6.07 Å². The molecule has 0 bridgehead atoms. The molecule has 7 heteroatoms. The Labute approximate surface area is 127 Å². The molecule has 1 aromatic heterocycles. The Morgan fingerprint density at radius 2 is 1.81 bits per heavy atom. The number of benzene rings is 1. The highest BCUT2D eigenvalue weighted by atomic mass is 32.2. The second-order valence-corrected chi connectivity index (χ2v) is 7.71. The smallest absolute Gasteiger partial charge is 0.250 e. The van der Waals surface area contributed by atoms with Gasteiger partial charge in [-0.3, -0.25) is 0 Å². The topological polar surface area (TPSA) is 66.4 Å². The Morgan fingerprint density at radius 1 is 1.19 bits per heavy atom. The average Bonchev–Trinajstić information content (AvgIpc) is 2.92. The molecule has 114 valence electrons. The van der Waals surface area contributed by atoms with Gasteiger partial charge in [0.15, 0.2) is 0 Å². The van der Waals surface area contributed by atoms with Crippen LogP contribution in [0.2, 0.25) is 0 Å². The molecular formula is C14H16FNO3S2. The van der Waals surface area contributed by atoms with Gasteiger partial charge in [0, 0.05) is 6.54 Å². The number of hydrogen-bond donors (Lipinski definition) is 2. The number of thiophene rings is 1. The van der Waals surface area contributed by atoms with E-state index in [0.717, 1.165) is 11.3 Å². The molecule has 0 unspecified atom stereocenters. The lowest BCUT2D eigenvalue weighted by Crippen LogP contribution is -2.22. The first-order chi connectivity index (χ1) is 9.83. The van der Waals surface area contributed by atoms with E-state index in [9.17, 15) is 12.8 Å². The van der Waals surface area contributed by atoms with Crippen molar-refractivity contribution in [1.29, 1.82) is 0 Å². The predicted molar refractivity (Wildman–Crippen MR) is 80.1 cm³/mol. The van der Waals surface area contributed by atoms with Gasteiger partial charge in [-0.2, -0.15) is 0 Å². The van der Waals surface area contributed by atoms with E-state index in [2.05, 4.69) is 4.72 Å². The maximum Gasteiger partial charge on any atom is 0.250 e. The predicted octanol–water partition coefficient (Wildman–Crippen LogP) is 2.47. The van der Waals surface area contributed by atoms with Crippen molar-refractivity contribution < 1.29 is 17.9 Å². The lowest BCUT2D eigenvalue weighted by Gasteiger charge is -2.08. The van der Waals surface area contributed by atoms with E-state index in [4.69, 9.17) is 5.11 Å². The van der Waals surface area contributed by atoms with Gasteiger partial charge in [0.05, 0.1) is 6.61 Å². The second kappa shape index (κ2) is 6.23. The summed E-state index contributed by atoms with van der Waals surface area (Å²) < 4.78 is 40.4. The van der Waals surface area contributed by atoms with Crippen molar-refractivity contribution in [2.24, 2.45) is 0 Å². The van der Waals surface area contributed by atoms with Gasteiger partial charge in [-0.15, -0.1) is 11.3 Å². The fraction of sp³-hybridized carbons (Fsp3) is 0.286. The zero-order chi connectivity index (χ0) is 15.6. The summed E-state index contributed by atoms with van der Waals surface area (Å²) in [5, 5.41) is 10.6. The normalized spacial score (nSPS) is 11.8. The number of hydrogen-bond acceptors (Lipinski definition) is 4. The van der Waals surface area contributed by atoms with Crippen LogP contribution in [0.4, 0.5) is 4.39 Å². The summed E-state index contributed by atoms with van der Waals surface area (Å²) >= 11 is 1.05. The molecule has 2 N–H and O–H groups in total. The van der Waals surface area contributed by atoms with Crippen LogP contribution in [0.1, 0.15) is 22.3 Å². The molecule has 2 aromatic rings. The van der Waals surface area contributed by atoms with E-state index < -0.39 is 10.0 Å². The third-order valence-electron chi connectivity index (χ3n) is 3.04. The second-order valence-electron chi connectivity index (χ2n) is 4.80. The molecular weight excluding hydrogens is 313 g/mol. The fourth-order valence-corrected chi connectivity index (χ4v) is 4.23. The summed E-state index contributed by atoms with van der Waals surface area (Å²) in [6.45, 7) is 3.19. The van der Waals surface area contributed by atoms with Crippen LogP contribution in [0.15, 0.2) is 27.8 Å². The number of rotatable bonds is 5. The Balaban J connectivity index is 2.15. The molecule has 0 atom stereocenters. The van der Waals surface area contributed by atoms with E-state index in [-0.39, 0.29) is 23.2 Å². The summed E-state index contributed by atoms with van der Waals surface area (Å²) in [5.74, 6) is -0.271. The first-order valence-electron chi connectivity index (χ1n) is 6.27. The van der Waals surface area contributed by atoms with Crippen LogP contribution in [0.25, 0.3) is 0 Å². The molecule has 21 heavy (non-hydrogen) atoms. The van der Waals surface area contributed by atoms with Crippen LogP contribution >= 0.6 is 11.3 Å². The van der Waals surface area contributed by atoms with E-state index >= 15 is 0 Å². The first kappa shape index (κ1) is 16.1. The van der Waals surface area contributed by atoms with Crippen molar-refractivity contribution in [3.63, 3.8) is 0 Å². The monoisotopic (exact) mass is 329 g/mol. The largest absolute Gasteiger partial charge is 0.392 e. The number of aryl methyl sites for hydroxylation is 2. The third-order valence-corrected chi connectivity index (χ3v) is 5.93. The van der Waals surface area contributed by atoms with E-state index in [1.807, 2.05) is 0 Å². The van der Waals surface area contributed by atoms with Crippen molar-refractivity contribution in [1.82, 2.24) is 4.72 Å². The third kappa shape index (κ3) is 3.68. The van der Waals surface area contributed by atoms with Gasteiger partial charge in [-0.05, 0) is 47.5 Å². The van der Waals surface area contributed by atoms with Gasteiger partial charge in [0.1, 0.15) is 10.0 Å². The molecule has 0 aliphatic rings. The molecule has 4 nitrogen and oxygen atoms in total. The number of halogens is 1. The summed E-state index contributed by atoms with van der Waals surface area (Å²) in [5.41, 5.74) is 2.24. The molecule has 0 aliphatic carbocycles. The molecule has 2 rings (SSSR count). The summed E-state index contributed by atoms with van der Waals surface area (Å²) in [7, 11) is -3.62.